The van der Waals surface area contributed by atoms with Crippen molar-refractivity contribution in [1.29, 1.82) is 0 Å². The van der Waals surface area contributed by atoms with Crippen molar-refractivity contribution in [1.82, 2.24) is 15.5 Å². The van der Waals surface area contributed by atoms with Crippen LogP contribution in [0.15, 0.2) is 56.5 Å². The maximum atomic E-state index is 12.4. The van der Waals surface area contributed by atoms with Crippen molar-refractivity contribution in [2.45, 2.75) is 42.9 Å². The lowest BCUT2D eigenvalue weighted by Crippen LogP contribution is -2.34. The van der Waals surface area contributed by atoms with Crippen molar-refractivity contribution in [2.24, 2.45) is 0 Å². The lowest BCUT2D eigenvalue weighted by atomic mass is 10.2. The molecule has 0 bridgehead atoms. The molecule has 1 amide bonds. The Labute approximate surface area is 173 Å². The number of rotatable bonds is 9. The minimum atomic E-state index is -3.62. The van der Waals surface area contributed by atoms with Gasteiger partial charge in [0, 0.05) is 30.3 Å². The second kappa shape index (κ2) is 9.23. The molecule has 2 heterocycles. The molecule has 0 aliphatic carbocycles. The van der Waals surface area contributed by atoms with Crippen LogP contribution < -0.4 is 5.32 Å². The summed E-state index contributed by atoms with van der Waals surface area (Å²) in [4.78, 5) is 16.3. The predicted molar refractivity (Wildman–Crippen MR) is 105 cm³/mol. The van der Waals surface area contributed by atoms with Crippen molar-refractivity contribution >= 4 is 27.3 Å². The smallest absolute Gasteiger partial charge is 0.227 e. The number of hydrogen-bond acceptors (Lipinski definition) is 7. The third-order valence-corrected chi connectivity index (χ3v) is 5.94. The standard InChI is InChI=1S/C19H20ClN3O5S/c1-13(11-15-3-2-10-27-15)21-18(24)8-9-19-22-17(23-28-19)12-29(25,26)16-6-4-14(20)5-7-16/h2-7,10,13H,8-9,11-12H2,1H3,(H,21,24)/t13-/m0/s1. The largest absolute Gasteiger partial charge is 0.469 e. The topological polar surface area (TPSA) is 115 Å². The Morgan fingerprint density at radius 1 is 1.24 bits per heavy atom. The molecule has 0 spiro atoms. The summed E-state index contributed by atoms with van der Waals surface area (Å²) in [5, 5.41) is 7.01. The Morgan fingerprint density at radius 3 is 2.69 bits per heavy atom. The Balaban J connectivity index is 1.49. The zero-order valence-electron chi connectivity index (χ0n) is 15.7. The van der Waals surface area contributed by atoms with Gasteiger partial charge >= 0.3 is 0 Å². The molecule has 1 N–H and O–H groups in total. The summed E-state index contributed by atoms with van der Waals surface area (Å²) in [6.07, 6.45) is 2.54. The van der Waals surface area contributed by atoms with E-state index in [1.807, 2.05) is 13.0 Å². The molecule has 1 aromatic carbocycles. The summed E-state index contributed by atoms with van der Waals surface area (Å²) in [6, 6.07) is 9.41. The second-order valence-corrected chi connectivity index (χ2v) is 9.00. The first kappa shape index (κ1) is 21.1. The van der Waals surface area contributed by atoms with E-state index in [1.54, 1.807) is 12.3 Å². The van der Waals surface area contributed by atoms with Crippen LogP contribution in [0, 0.1) is 0 Å². The van der Waals surface area contributed by atoms with Gasteiger partial charge in [-0.2, -0.15) is 4.98 Å². The molecule has 29 heavy (non-hydrogen) atoms. The molecule has 0 radical (unpaired) electrons. The van der Waals surface area contributed by atoms with Crippen molar-refractivity contribution in [3.05, 3.63) is 65.2 Å². The van der Waals surface area contributed by atoms with Crippen LogP contribution in [0.4, 0.5) is 0 Å². The molecular weight excluding hydrogens is 418 g/mol. The van der Waals surface area contributed by atoms with Crippen LogP contribution in [0.5, 0.6) is 0 Å². The molecule has 3 aromatic rings. The number of amides is 1. The highest BCUT2D eigenvalue weighted by Gasteiger charge is 2.20. The third kappa shape index (κ3) is 6.16. The number of nitrogens with one attached hydrogen (secondary N) is 1. The molecule has 0 aliphatic heterocycles. The van der Waals surface area contributed by atoms with Gasteiger partial charge in [-0.05, 0) is 43.3 Å². The molecule has 10 heteroatoms. The first-order valence-corrected chi connectivity index (χ1v) is 11.0. The SMILES string of the molecule is C[C@@H](Cc1ccco1)NC(=O)CCc1nc(CS(=O)(=O)c2ccc(Cl)cc2)no1. The molecule has 8 nitrogen and oxygen atoms in total. The molecule has 0 saturated heterocycles. The number of nitrogens with zero attached hydrogens (tertiary/aromatic N) is 2. The van der Waals surface area contributed by atoms with Gasteiger partial charge < -0.3 is 14.3 Å². The van der Waals surface area contributed by atoms with E-state index >= 15 is 0 Å². The van der Waals surface area contributed by atoms with E-state index in [4.69, 9.17) is 20.5 Å². The van der Waals surface area contributed by atoms with Gasteiger partial charge in [-0.25, -0.2) is 8.42 Å². The zero-order chi connectivity index (χ0) is 20.9. The van der Waals surface area contributed by atoms with Crippen LogP contribution in [0.1, 0.15) is 30.8 Å². The van der Waals surface area contributed by atoms with E-state index in [2.05, 4.69) is 15.5 Å². The molecule has 1 atom stereocenters. The summed E-state index contributed by atoms with van der Waals surface area (Å²) in [5.74, 6) is 0.477. The molecule has 2 aromatic heterocycles. The zero-order valence-corrected chi connectivity index (χ0v) is 17.2. The normalized spacial score (nSPS) is 12.6. The summed E-state index contributed by atoms with van der Waals surface area (Å²) < 4.78 is 35.1. The molecule has 0 saturated carbocycles. The third-order valence-electron chi connectivity index (χ3n) is 4.06. The van der Waals surface area contributed by atoms with Crippen molar-refractivity contribution in [3.8, 4) is 0 Å². The number of sulfone groups is 1. The first-order valence-electron chi connectivity index (χ1n) is 8.93. The minimum absolute atomic E-state index is 0.0431. The Morgan fingerprint density at radius 2 is 2.00 bits per heavy atom. The van der Waals surface area contributed by atoms with Gasteiger partial charge in [-0.15, -0.1) is 0 Å². The fourth-order valence-electron chi connectivity index (χ4n) is 2.69. The lowest BCUT2D eigenvalue weighted by molar-refractivity contribution is -0.121. The maximum Gasteiger partial charge on any atom is 0.227 e. The minimum Gasteiger partial charge on any atom is -0.469 e. The summed E-state index contributed by atoms with van der Waals surface area (Å²) in [7, 11) is -3.62. The molecule has 0 unspecified atom stereocenters. The maximum absolute atomic E-state index is 12.4. The van der Waals surface area contributed by atoms with Gasteiger partial charge in [-0.3, -0.25) is 4.79 Å². The van der Waals surface area contributed by atoms with Crippen molar-refractivity contribution in [3.63, 3.8) is 0 Å². The average Bonchev–Trinajstić information content (AvgIpc) is 3.32. The van der Waals surface area contributed by atoms with Crippen molar-refractivity contribution < 1.29 is 22.2 Å². The Bertz CT molecular complexity index is 1050. The highest BCUT2D eigenvalue weighted by atomic mass is 35.5. The molecule has 154 valence electrons. The lowest BCUT2D eigenvalue weighted by Gasteiger charge is -2.11. The number of carbonyl (C=O) groups is 1. The fourth-order valence-corrected chi connectivity index (χ4v) is 4.00. The number of benzene rings is 1. The fraction of sp³-hybridized carbons (Fsp3) is 0.316. The van der Waals surface area contributed by atoms with Gasteiger partial charge in [0.15, 0.2) is 15.7 Å². The van der Waals surface area contributed by atoms with E-state index < -0.39 is 15.6 Å². The second-order valence-electron chi connectivity index (χ2n) is 6.57. The van der Waals surface area contributed by atoms with Gasteiger partial charge in [0.2, 0.25) is 11.8 Å². The van der Waals surface area contributed by atoms with Crippen LogP contribution >= 0.6 is 11.6 Å². The number of aromatic nitrogens is 2. The van der Waals surface area contributed by atoms with Crippen LogP contribution in [0.3, 0.4) is 0 Å². The number of aryl methyl sites for hydroxylation is 1. The quantitative estimate of drug-likeness (QED) is 0.547. The van der Waals surface area contributed by atoms with Crippen LogP contribution in [0.2, 0.25) is 5.02 Å². The van der Waals surface area contributed by atoms with Gasteiger partial charge in [0.1, 0.15) is 11.5 Å². The Hall–Kier alpha value is -2.65. The van der Waals surface area contributed by atoms with Crippen LogP contribution in [-0.2, 0) is 33.2 Å². The number of hydrogen-bond donors (Lipinski definition) is 1. The van der Waals surface area contributed by atoms with E-state index in [0.29, 0.717) is 11.4 Å². The highest BCUT2D eigenvalue weighted by molar-refractivity contribution is 7.90. The molecule has 0 aliphatic rings. The number of halogens is 1. The molecular formula is C19H20ClN3O5S. The van der Waals surface area contributed by atoms with Crippen LogP contribution in [-0.4, -0.2) is 30.5 Å². The summed E-state index contributed by atoms with van der Waals surface area (Å²) in [5.41, 5.74) is 0. The molecule has 3 rings (SSSR count). The monoisotopic (exact) mass is 437 g/mol. The van der Waals surface area contributed by atoms with Crippen LogP contribution in [0.25, 0.3) is 0 Å². The predicted octanol–water partition coefficient (Wildman–Crippen LogP) is 2.97. The molecule has 0 fully saturated rings. The number of carbonyl (C=O) groups excluding carboxylic acids is 1. The van der Waals surface area contributed by atoms with E-state index in [0.717, 1.165) is 5.76 Å². The average molecular weight is 438 g/mol. The summed E-state index contributed by atoms with van der Waals surface area (Å²) >= 11 is 5.78. The van der Waals surface area contributed by atoms with E-state index in [9.17, 15) is 13.2 Å². The van der Waals surface area contributed by atoms with Gasteiger partial charge in [0.05, 0.1) is 11.2 Å². The van der Waals surface area contributed by atoms with Gasteiger partial charge in [0.25, 0.3) is 0 Å². The van der Waals surface area contributed by atoms with Gasteiger partial charge in [-0.1, -0.05) is 16.8 Å². The summed E-state index contributed by atoms with van der Waals surface area (Å²) in [6.45, 7) is 1.88. The Kier molecular flexibility index (Phi) is 6.71. The highest BCUT2D eigenvalue weighted by Crippen LogP contribution is 2.18. The van der Waals surface area contributed by atoms with E-state index in [1.165, 1.54) is 24.3 Å². The van der Waals surface area contributed by atoms with E-state index in [-0.39, 0.29) is 41.4 Å². The first-order chi connectivity index (χ1) is 13.8. The number of furan rings is 1. The van der Waals surface area contributed by atoms with Crippen molar-refractivity contribution in [2.75, 3.05) is 0 Å².